The van der Waals surface area contributed by atoms with Gasteiger partial charge in [0.2, 0.25) is 0 Å². The Morgan fingerprint density at radius 2 is 2.20 bits per heavy atom. The minimum absolute atomic E-state index is 0.00860. The molecule has 0 amide bonds. The van der Waals surface area contributed by atoms with Crippen LogP contribution in [-0.4, -0.2) is 47.7 Å². The van der Waals surface area contributed by atoms with E-state index in [1.807, 2.05) is 17.5 Å². The Kier molecular flexibility index (Phi) is 4.79. The van der Waals surface area contributed by atoms with Gasteiger partial charge in [-0.05, 0) is 24.3 Å². The molecule has 0 aliphatic heterocycles. The summed E-state index contributed by atoms with van der Waals surface area (Å²) in [6, 6.07) is 3.85. The standard InChI is InChI=1S/C12H18N2O4S2/c1-13(7-6-12(15)16)20(17,18)14(10-4-5-10)9-11-3-2-8-19-11/h2-3,8,10H,4-7,9H2,1H3,(H,15,16). The molecule has 1 aliphatic rings. The zero-order chi connectivity index (χ0) is 14.8. The number of carbonyl (C=O) groups is 1. The van der Waals surface area contributed by atoms with Gasteiger partial charge in [0.05, 0.1) is 6.42 Å². The molecule has 0 radical (unpaired) electrons. The van der Waals surface area contributed by atoms with Crippen LogP contribution >= 0.6 is 11.3 Å². The SMILES string of the molecule is CN(CCC(=O)O)S(=O)(=O)N(Cc1cccs1)C1CC1. The number of hydrogen-bond donors (Lipinski definition) is 1. The molecule has 0 aromatic carbocycles. The van der Waals surface area contributed by atoms with Crippen molar-refractivity contribution in [3.63, 3.8) is 0 Å². The molecule has 0 atom stereocenters. The van der Waals surface area contributed by atoms with Crippen molar-refractivity contribution < 1.29 is 18.3 Å². The molecule has 1 N–H and O–H groups in total. The van der Waals surface area contributed by atoms with Crippen molar-refractivity contribution in [3.8, 4) is 0 Å². The molecule has 1 aliphatic carbocycles. The van der Waals surface area contributed by atoms with E-state index >= 15 is 0 Å². The van der Waals surface area contributed by atoms with Crippen LogP contribution in [0.1, 0.15) is 24.1 Å². The predicted molar refractivity (Wildman–Crippen MR) is 76.7 cm³/mol. The number of aliphatic carboxylic acids is 1. The van der Waals surface area contributed by atoms with Crippen molar-refractivity contribution in [2.75, 3.05) is 13.6 Å². The zero-order valence-electron chi connectivity index (χ0n) is 11.2. The summed E-state index contributed by atoms with van der Waals surface area (Å²) in [4.78, 5) is 11.6. The molecule has 112 valence electrons. The monoisotopic (exact) mass is 318 g/mol. The van der Waals surface area contributed by atoms with Crippen molar-refractivity contribution in [2.45, 2.75) is 31.8 Å². The van der Waals surface area contributed by atoms with Crippen LogP contribution in [0.4, 0.5) is 0 Å². The molecule has 1 fully saturated rings. The van der Waals surface area contributed by atoms with E-state index in [0.717, 1.165) is 22.0 Å². The van der Waals surface area contributed by atoms with Crippen LogP contribution in [0, 0.1) is 0 Å². The van der Waals surface area contributed by atoms with Gasteiger partial charge in [-0.1, -0.05) is 6.07 Å². The number of thiophene rings is 1. The lowest BCUT2D eigenvalue weighted by Crippen LogP contribution is -2.43. The first-order chi connectivity index (χ1) is 9.41. The topological polar surface area (TPSA) is 77.9 Å². The minimum atomic E-state index is -3.60. The van der Waals surface area contributed by atoms with Crippen LogP contribution in [0.15, 0.2) is 17.5 Å². The second kappa shape index (κ2) is 6.21. The number of carboxylic acids is 1. The van der Waals surface area contributed by atoms with Crippen LogP contribution in [0.2, 0.25) is 0 Å². The van der Waals surface area contributed by atoms with Crippen LogP contribution in [-0.2, 0) is 21.5 Å². The fraction of sp³-hybridized carbons (Fsp3) is 0.583. The van der Waals surface area contributed by atoms with E-state index in [1.54, 1.807) is 0 Å². The van der Waals surface area contributed by atoms with Crippen molar-refractivity contribution in [2.24, 2.45) is 0 Å². The van der Waals surface area contributed by atoms with E-state index in [-0.39, 0.29) is 19.0 Å². The normalized spacial score (nSPS) is 15.9. The van der Waals surface area contributed by atoms with Crippen LogP contribution < -0.4 is 0 Å². The first-order valence-electron chi connectivity index (χ1n) is 6.38. The summed E-state index contributed by atoms with van der Waals surface area (Å²) in [6.07, 6.45) is 1.56. The lowest BCUT2D eigenvalue weighted by molar-refractivity contribution is -0.137. The highest BCUT2D eigenvalue weighted by molar-refractivity contribution is 7.86. The van der Waals surface area contributed by atoms with Gasteiger partial charge in [0.25, 0.3) is 10.2 Å². The summed E-state index contributed by atoms with van der Waals surface area (Å²) in [5.41, 5.74) is 0. The van der Waals surface area contributed by atoms with Crippen molar-refractivity contribution in [3.05, 3.63) is 22.4 Å². The molecule has 1 aromatic rings. The second-order valence-electron chi connectivity index (χ2n) is 4.83. The largest absolute Gasteiger partial charge is 0.481 e. The summed E-state index contributed by atoms with van der Waals surface area (Å²) < 4.78 is 27.6. The molecule has 0 unspecified atom stereocenters. The van der Waals surface area contributed by atoms with E-state index in [9.17, 15) is 13.2 Å². The summed E-state index contributed by atoms with van der Waals surface area (Å²) in [5, 5.41) is 10.6. The van der Waals surface area contributed by atoms with Gasteiger partial charge in [-0.25, -0.2) is 0 Å². The van der Waals surface area contributed by atoms with Gasteiger partial charge in [0, 0.05) is 31.1 Å². The average Bonchev–Trinajstić information content (AvgIpc) is 3.09. The number of hydrogen-bond acceptors (Lipinski definition) is 4. The van der Waals surface area contributed by atoms with Crippen LogP contribution in [0.3, 0.4) is 0 Å². The quantitative estimate of drug-likeness (QED) is 0.785. The maximum absolute atomic E-state index is 12.5. The molecule has 1 saturated carbocycles. The molecular weight excluding hydrogens is 300 g/mol. The first-order valence-corrected chi connectivity index (χ1v) is 8.66. The summed E-state index contributed by atoms with van der Waals surface area (Å²) in [6.45, 7) is 0.355. The van der Waals surface area contributed by atoms with Gasteiger partial charge in [-0.3, -0.25) is 4.79 Å². The number of nitrogens with zero attached hydrogens (tertiary/aromatic N) is 2. The molecule has 1 heterocycles. The molecule has 0 saturated heterocycles. The Labute approximate surface area is 122 Å². The first kappa shape index (κ1) is 15.4. The van der Waals surface area contributed by atoms with Crippen LogP contribution in [0.25, 0.3) is 0 Å². The van der Waals surface area contributed by atoms with Crippen molar-refractivity contribution >= 4 is 27.5 Å². The van der Waals surface area contributed by atoms with E-state index in [1.165, 1.54) is 22.7 Å². The Hall–Kier alpha value is -0.960. The third-order valence-corrected chi connectivity index (χ3v) is 6.03. The molecule has 20 heavy (non-hydrogen) atoms. The van der Waals surface area contributed by atoms with Gasteiger partial charge in [-0.15, -0.1) is 11.3 Å². The van der Waals surface area contributed by atoms with Gasteiger partial charge in [0.1, 0.15) is 0 Å². The summed E-state index contributed by atoms with van der Waals surface area (Å²) >= 11 is 1.52. The van der Waals surface area contributed by atoms with E-state index < -0.39 is 16.2 Å². The third-order valence-electron chi connectivity index (χ3n) is 3.18. The summed E-state index contributed by atoms with van der Waals surface area (Å²) in [7, 11) is -2.17. The molecule has 1 aromatic heterocycles. The average molecular weight is 318 g/mol. The fourth-order valence-electron chi connectivity index (χ4n) is 1.87. The Morgan fingerprint density at radius 3 is 2.70 bits per heavy atom. The smallest absolute Gasteiger partial charge is 0.304 e. The van der Waals surface area contributed by atoms with Gasteiger partial charge >= 0.3 is 5.97 Å². The molecule has 0 bridgehead atoms. The lowest BCUT2D eigenvalue weighted by atomic mass is 10.4. The Bertz CT molecular complexity index is 552. The van der Waals surface area contributed by atoms with Crippen molar-refractivity contribution in [1.29, 1.82) is 0 Å². The minimum Gasteiger partial charge on any atom is -0.481 e. The van der Waals surface area contributed by atoms with E-state index in [4.69, 9.17) is 5.11 Å². The van der Waals surface area contributed by atoms with E-state index in [2.05, 4.69) is 0 Å². The van der Waals surface area contributed by atoms with Crippen molar-refractivity contribution in [1.82, 2.24) is 8.61 Å². The molecule has 0 spiro atoms. The van der Waals surface area contributed by atoms with Crippen LogP contribution in [0.5, 0.6) is 0 Å². The number of rotatable bonds is 8. The maximum Gasteiger partial charge on any atom is 0.304 e. The molecule has 8 heteroatoms. The highest BCUT2D eigenvalue weighted by atomic mass is 32.2. The van der Waals surface area contributed by atoms with Gasteiger partial charge in [0.15, 0.2) is 0 Å². The highest BCUT2D eigenvalue weighted by Crippen LogP contribution is 2.32. The highest BCUT2D eigenvalue weighted by Gasteiger charge is 2.39. The van der Waals surface area contributed by atoms with E-state index in [0.29, 0.717) is 6.54 Å². The van der Waals surface area contributed by atoms with Gasteiger partial charge < -0.3 is 5.11 Å². The predicted octanol–water partition coefficient (Wildman–Crippen LogP) is 1.36. The van der Waals surface area contributed by atoms with Gasteiger partial charge in [-0.2, -0.15) is 17.0 Å². The molecular formula is C12H18N2O4S2. The zero-order valence-corrected chi connectivity index (χ0v) is 12.9. The summed E-state index contributed by atoms with van der Waals surface area (Å²) in [5.74, 6) is -0.997. The maximum atomic E-state index is 12.5. The molecule has 6 nitrogen and oxygen atoms in total. The Morgan fingerprint density at radius 1 is 1.50 bits per heavy atom. The third kappa shape index (κ3) is 3.78. The second-order valence-corrected chi connectivity index (χ2v) is 7.85. The number of carboxylic acid groups (broad SMARTS) is 1. The molecule has 2 rings (SSSR count). The fourth-order valence-corrected chi connectivity index (χ4v) is 4.22. The Balaban J connectivity index is 2.08. The lowest BCUT2D eigenvalue weighted by Gasteiger charge is -2.26.